The second kappa shape index (κ2) is 59.4. The summed E-state index contributed by atoms with van der Waals surface area (Å²) in [7, 11) is 0. The zero-order chi connectivity index (χ0) is 71.4. The third-order valence-electron chi connectivity index (χ3n) is 16.0. The molecule has 2 fully saturated rings. The highest BCUT2D eigenvalue weighted by molar-refractivity contribution is 5.74. The van der Waals surface area contributed by atoms with Crippen LogP contribution in [0.3, 0.4) is 0 Å². The van der Waals surface area contributed by atoms with Crippen LogP contribution in [0.4, 0.5) is 14.4 Å². The molecule has 0 spiro atoms. The Bertz CT molecular complexity index is 1900. The SMILES string of the molecule is CCC(COCCOCCOCCOCCOCCOCCOCCOCCOCCOCCOCCOCCOCCOCCOCCOCCOCCOCCO)(COC(=O)NCC1(C)CC(N)CC(C)(C)C1)COC(=O)NCC1(C)CC(NC(=O)NCCCN)CC(C)(C)C1. The average molecular weight is 1420 g/mol. The van der Waals surface area contributed by atoms with E-state index in [1.807, 2.05) is 6.92 Å². The molecule has 9 N–H and O–H groups in total. The van der Waals surface area contributed by atoms with Gasteiger partial charge in [-0.1, -0.05) is 48.5 Å². The predicted octanol–water partition coefficient (Wildman–Crippen LogP) is 3.90. The zero-order valence-electron chi connectivity index (χ0n) is 61.2. The van der Waals surface area contributed by atoms with Gasteiger partial charge >= 0.3 is 18.2 Å². The van der Waals surface area contributed by atoms with Crippen LogP contribution in [0.5, 0.6) is 0 Å². The highest BCUT2D eigenvalue weighted by atomic mass is 16.6. The summed E-state index contributed by atoms with van der Waals surface area (Å²) < 4.78 is 112. The van der Waals surface area contributed by atoms with Gasteiger partial charge in [-0.2, -0.15) is 0 Å². The van der Waals surface area contributed by atoms with E-state index < -0.39 is 17.6 Å². The molecule has 2 saturated carbocycles. The van der Waals surface area contributed by atoms with Crippen molar-refractivity contribution in [1.82, 2.24) is 21.3 Å². The van der Waals surface area contributed by atoms with Crippen molar-refractivity contribution < 1.29 is 114 Å². The first-order valence-electron chi connectivity index (χ1n) is 35.7. The summed E-state index contributed by atoms with van der Waals surface area (Å²) in [5, 5.41) is 20.6. The van der Waals surface area contributed by atoms with Gasteiger partial charge in [-0.25, -0.2) is 14.4 Å². The van der Waals surface area contributed by atoms with Crippen molar-refractivity contribution in [3.05, 3.63) is 0 Å². The average Bonchev–Trinajstić information content (AvgIpc) is 0.812. The summed E-state index contributed by atoms with van der Waals surface area (Å²) >= 11 is 0. The topological polar surface area (TPSA) is 356 Å². The van der Waals surface area contributed by atoms with Crippen molar-refractivity contribution >= 4 is 18.2 Å². The van der Waals surface area contributed by atoms with Crippen LogP contribution < -0.4 is 32.7 Å². The van der Waals surface area contributed by atoms with Gasteiger partial charge in [0, 0.05) is 31.7 Å². The third-order valence-corrected chi connectivity index (χ3v) is 16.0. The van der Waals surface area contributed by atoms with Crippen molar-refractivity contribution in [3.8, 4) is 0 Å². The Balaban J connectivity index is 1.41. The number of ether oxygens (including phenoxy) is 20. The molecule has 30 nitrogen and oxygen atoms in total. The molecule has 98 heavy (non-hydrogen) atoms. The third kappa shape index (κ3) is 52.9. The Morgan fingerprint density at radius 2 is 0.684 bits per heavy atom. The molecule has 30 heteroatoms. The monoisotopic (exact) mass is 1420 g/mol. The Hall–Kier alpha value is -3.03. The number of amides is 4. The van der Waals surface area contributed by atoms with E-state index in [4.69, 9.17) is 111 Å². The van der Waals surface area contributed by atoms with Gasteiger partial charge in [0.1, 0.15) is 13.2 Å². The van der Waals surface area contributed by atoms with E-state index in [1.54, 1.807) is 0 Å². The number of urea groups is 1. The smallest absolute Gasteiger partial charge is 0.407 e. The van der Waals surface area contributed by atoms with Gasteiger partial charge in [0.15, 0.2) is 0 Å². The Morgan fingerprint density at radius 3 is 0.969 bits per heavy atom. The Morgan fingerprint density at radius 1 is 0.398 bits per heavy atom. The van der Waals surface area contributed by atoms with Gasteiger partial charge in [0.2, 0.25) is 0 Å². The van der Waals surface area contributed by atoms with Crippen LogP contribution >= 0.6 is 0 Å². The van der Waals surface area contributed by atoms with Crippen molar-refractivity contribution in [2.24, 2.45) is 38.5 Å². The normalized spacial score (nSPS) is 19.7. The predicted molar refractivity (Wildman–Crippen MR) is 367 cm³/mol. The molecule has 2 aliphatic rings. The maximum atomic E-state index is 13.4. The molecule has 0 aromatic heterocycles. The fourth-order valence-electron chi connectivity index (χ4n) is 11.9. The fraction of sp³-hybridized carbons (Fsp3) is 0.956. The van der Waals surface area contributed by atoms with Crippen LogP contribution in [0.1, 0.15) is 99.8 Å². The van der Waals surface area contributed by atoms with Crippen LogP contribution in [-0.4, -0.2) is 319 Å². The summed E-state index contributed by atoms with van der Waals surface area (Å²) in [5.41, 5.74) is 10.7. The highest BCUT2D eigenvalue weighted by Gasteiger charge is 2.43. The van der Waals surface area contributed by atoms with Gasteiger partial charge in [0.25, 0.3) is 0 Å². The van der Waals surface area contributed by atoms with Gasteiger partial charge in [-0.05, 0) is 79.6 Å². The van der Waals surface area contributed by atoms with E-state index in [1.165, 1.54) is 0 Å². The van der Waals surface area contributed by atoms with E-state index in [0.29, 0.717) is 270 Å². The minimum Gasteiger partial charge on any atom is -0.449 e. The van der Waals surface area contributed by atoms with Gasteiger partial charge in [-0.15, -0.1) is 0 Å². The molecule has 5 unspecified atom stereocenters. The first kappa shape index (κ1) is 91.1. The van der Waals surface area contributed by atoms with E-state index >= 15 is 0 Å². The molecule has 4 amide bonds. The molecule has 0 aromatic carbocycles. The molecule has 0 saturated heterocycles. The van der Waals surface area contributed by atoms with Gasteiger partial charge < -0.3 is 133 Å². The zero-order valence-corrected chi connectivity index (χ0v) is 61.2. The van der Waals surface area contributed by atoms with Crippen molar-refractivity contribution in [2.75, 3.05) is 284 Å². The number of nitrogens with one attached hydrogen (secondary N) is 4. The number of rotatable bonds is 68. The second-order valence-electron chi connectivity index (χ2n) is 27.0. The van der Waals surface area contributed by atoms with E-state index in [2.05, 4.69) is 62.8 Å². The molecule has 0 aromatic rings. The lowest BCUT2D eigenvalue weighted by molar-refractivity contribution is -0.0552. The number of hydrogen-bond acceptors (Lipinski definition) is 26. The van der Waals surface area contributed by atoms with E-state index in [9.17, 15) is 14.4 Å². The minimum absolute atomic E-state index is 0.0133. The number of carbonyl (C=O) groups excluding carboxylic acids is 3. The standard InChI is InChI=1S/C68H134N6O24/c1-8-68(57-97-62(77)72-54-66(6)49-59(70)48-64(2,3)52-66,58-98-63(78)73-55-67(7)51-60(50-65(4,5)53-67)74-61(76)71-11-9-10-69)56-96-47-46-95-45-44-94-43-42-93-41-40-92-39-38-91-37-36-90-35-34-89-33-32-88-31-30-87-29-28-86-27-26-85-25-24-84-23-22-83-21-20-82-19-18-81-17-16-80-15-14-79-13-12-75/h59-60,75H,8-58,69-70H2,1-7H3,(H,72,77)(H,73,78)(H2,71,74,76). The first-order valence-corrected chi connectivity index (χ1v) is 35.7. The molecule has 0 heterocycles. The fourth-order valence-corrected chi connectivity index (χ4v) is 11.9. The number of aliphatic hydroxyl groups is 1. The van der Waals surface area contributed by atoms with E-state index in [0.717, 1.165) is 32.1 Å². The molecule has 2 aliphatic carbocycles. The van der Waals surface area contributed by atoms with Crippen LogP contribution in [-0.2, 0) is 94.7 Å². The highest BCUT2D eigenvalue weighted by Crippen LogP contribution is 2.46. The quantitative estimate of drug-likeness (QED) is 0.0425. The number of hydrogen-bond donors (Lipinski definition) is 7. The maximum absolute atomic E-state index is 13.4. The van der Waals surface area contributed by atoms with E-state index in [-0.39, 0.29) is 72.8 Å². The number of carbonyl (C=O) groups is 3. The van der Waals surface area contributed by atoms with Crippen LogP contribution in [0.2, 0.25) is 0 Å². The summed E-state index contributed by atoms with van der Waals surface area (Å²) in [6.45, 7) is 32.4. The molecule has 0 bridgehead atoms. The molecule has 0 radical (unpaired) electrons. The van der Waals surface area contributed by atoms with Crippen molar-refractivity contribution in [2.45, 2.75) is 112 Å². The summed E-state index contributed by atoms with van der Waals surface area (Å²) in [4.78, 5) is 39.3. The lowest BCUT2D eigenvalue weighted by atomic mass is 9.62. The number of alkyl carbamates (subject to hydrolysis) is 2. The van der Waals surface area contributed by atoms with Crippen molar-refractivity contribution in [3.63, 3.8) is 0 Å². The maximum Gasteiger partial charge on any atom is 0.407 e. The largest absolute Gasteiger partial charge is 0.449 e. The minimum atomic E-state index is -0.841. The molecular weight excluding hydrogens is 1280 g/mol. The van der Waals surface area contributed by atoms with Crippen LogP contribution in [0.25, 0.3) is 0 Å². The first-order chi connectivity index (χ1) is 47.4. The molecular formula is C68H134N6O24. The van der Waals surface area contributed by atoms with Crippen LogP contribution in [0, 0.1) is 27.1 Å². The lowest BCUT2D eigenvalue weighted by Crippen LogP contribution is -2.52. The van der Waals surface area contributed by atoms with Gasteiger partial charge in [-0.3, -0.25) is 0 Å². The molecule has 2 rings (SSSR count). The Labute approximate surface area is 586 Å². The molecule has 0 aliphatic heterocycles. The second-order valence-corrected chi connectivity index (χ2v) is 27.0. The summed E-state index contributed by atoms with van der Waals surface area (Å²) in [6, 6.07) is -0.228. The summed E-state index contributed by atoms with van der Waals surface area (Å²) in [5.74, 6) is 0. The van der Waals surface area contributed by atoms with Gasteiger partial charge in [0.05, 0.1) is 250 Å². The lowest BCUT2D eigenvalue weighted by Gasteiger charge is -2.46. The summed E-state index contributed by atoms with van der Waals surface area (Å²) in [6.07, 6.45) is 5.07. The molecule has 5 atom stereocenters. The van der Waals surface area contributed by atoms with Crippen molar-refractivity contribution in [1.29, 1.82) is 0 Å². The van der Waals surface area contributed by atoms with Crippen LogP contribution in [0.15, 0.2) is 0 Å². The number of aliphatic hydroxyl groups excluding tert-OH is 1. The number of nitrogens with two attached hydrogens (primary N) is 2. The molecule has 580 valence electrons. The Kier molecular flexibility index (Phi) is 55.2.